The Morgan fingerprint density at radius 3 is 2.07 bits per heavy atom. The molecule has 1 rings (SSSR count). The van der Waals surface area contributed by atoms with Crippen molar-refractivity contribution in [2.45, 2.75) is 38.5 Å². The average Bonchev–Trinajstić information content (AvgIpc) is 2.22. The van der Waals surface area contributed by atoms with Crippen LogP contribution in [0.3, 0.4) is 0 Å². The Kier molecular flexibility index (Phi) is 6.74. The second-order valence-electron chi connectivity index (χ2n) is 3.59. The molecule has 0 saturated carbocycles. The Morgan fingerprint density at radius 2 is 1.21 bits per heavy atom. The molecule has 0 spiro atoms. The van der Waals surface area contributed by atoms with Crippen LogP contribution >= 0.6 is 0 Å². The molecule has 0 amide bonds. The fourth-order valence-corrected chi connectivity index (χ4v) is 1.45. The summed E-state index contributed by atoms with van der Waals surface area (Å²) in [4.78, 5) is 0. The van der Waals surface area contributed by atoms with Crippen molar-refractivity contribution < 1.29 is 0 Å². The highest BCUT2D eigenvalue weighted by Crippen LogP contribution is 2.05. The first-order valence-corrected chi connectivity index (χ1v) is 5.63. The summed E-state index contributed by atoms with van der Waals surface area (Å²) in [5.41, 5.74) is 0. The largest absolute Gasteiger partial charge is 0.0882 e. The molecule has 0 nitrogen and oxygen atoms in total. The second-order valence-corrected chi connectivity index (χ2v) is 3.59. The molecule has 14 heavy (non-hydrogen) atoms. The second kappa shape index (κ2) is 8.55. The molecule has 0 aromatic carbocycles. The molecule has 0 heteroatoms. The van der Waals surface area contributed by atoms with Gasteiger partial charge in [0.15, 0.2) is 0 Å². The van der Waals surface area contributed by atoms with Crippen molar-refractivity contribution in [3.8, 4) is 0 Å². The number of allylic oxidation sites excluding steroid dienone is 8. The van der Waals surface area contributed by atoms with Gasteiger partial charge in [-0.25, -0.2) is 0 Å². The molecule has 0 aliphatic heterocycles. The highest BCUT2D eigenvalue weighted by Gasteiger charge is 1.85. The summed E-state index contributed by atoms with van der Waals surface area (Å²) >= 11 is 0. The predicted octanol–water partition coefficient (Wildman–Crippen LogP) is 4.57. The van der Waals surface area contributed by atoms with Gasteiger partial charge < -0.3 is 0 Å². The Labute approximate surface area is 87.7 Å². The van der Waals surface area contributed by atoms with E-state index >= 15 is 0 Å². The maximum absolute atomic E-state index is 2.30. The summed E-state index contributed by atoms with van der Waals surface area (Å²) in [5, 5.41) is 0. The first kappa shape index (κ1) is 11.0. The van der Waals surface area contributed by atoms with E-state index in [0.29, 0.717) is 0 Å². The summed E-state index contributed by atoms with van der Waals surface area (Å²) in [6, 6.07) is 0. The number of rotatable bonds is 0. The zero-order valence-corrected chi connectivity index (χ0v) is 8.86. The van der Waals surface area contributed by atoms with Crippen LogP contribution in [0.25, 0.3) is 0 Å². The van der Waals surface area contributed by atoms with Crippen molar-refractivity contribution >= 4 is 0 Å². The van der Waals surface area contributed by atoms with Gasteiger partial charge >= 0.3 is 0 Å². The first-order valence-electron chi connectivity index (χ1n) is 5.63. The van der Waals surface area contributed by atoms with E-state index in [-0.39, 0.29) is 0 Å². The molecule has 0 bridgehead atoms. The first-order chi connectivity index (χ1) is 7.00. The summed E-state index contributed by atoms with van der Waals surface area (Å²) in [7, 11) is 0. The van der Waals surface area contributed by atoms with Crippen LogP contribution in [0.2, 0.25) is 0 Å². The highest BCUT2D eigenvalue weighted by atomic mass is 13.9. The van der Waals surface area contributed by atoms with Crippen molar-refractivity contribution in [1.82, 2.24) is 0 Å². The Hall–Kier alpha value is -1.04. The lowest BCUT2D eigenvalue weighted by Crippen LogP contribution is -1.75. The van der Waals surface area contributed by atoms with Gasteiger partial charge in [0.25, 0.3) is 0 Å². The van der Waals surface area contributed by atoms with Gasteiger partial charge in [-0.1, -0.05) is 55.0 Å². The smallest absolute Gasteiger partial charge is 0.0166 e. The van der Waals surface area contributed by atoms with Crippen LogP contribution in [0.4, 0.5) is 0 Å². The summed E-state index contributed by atoms with van der Waals surface area (Å²) < 4.78 is 0. The molecule has 0 heterocycles. The Morgan fingerprint density at radius 1 is 0.500 bits per heavy atom. The van der Waals surface area contributed by atoms with Crippen LogP contribution < -0.4 is 0 Å². The minimum absolute atomic E-state index is 1.06. The average molecular weight is 188 g/mol. The minimum atomic E-state index is 1.06. The standard InChI is InChI=1S/C14H20/c1-2-4-6-8-10-12-14-13-11-9-7-5-3-1/h1-6,9,11H,7-8,10,12-14H2/b2-1+,5-3+,6-4-,11-9+. The molecule has 0 radical (unpaired) electrons. The maximum atomic E-state index is 2.30. The van der Waals surface area contributed by atoms with E-state index in [4.69, 9.17) is 0 Å². The van der Waals surface area contributed by atoms with E-state index in [0.717, 1.165) is 6.42 Å². The van der Waals surface area contributed by atoms with E-state index in [1.54, 1.807) is 0 Å². The summed E-state index contributed by atoms with van der Waals surface area (Å²) in [6.07, 6.45) is 25.0. The fourth-order valence-electron chi connectivity index (χ4n) is 1.45. The van der Waals surface area contributed by atoms with Crippen molar-refractivity contribution in [3.63, 3.8) is 0 Å². The zero-order valence-electron chi connectivity index (χ0n) is 8.86. The molecule has 0 atom stereocenters. The van der Waals surface area contributed by atoms with Gasteiger partial charge in [0.2, 0.25) is 0 Å². The monoisotopic (exact) mass is 188 g/mol. The molecule has 76 valence electrons. The van der Waals surface area contributed by atoms with Gasteiger partial charge in [-0.05, 0) is 32.1 Å². The zero-order chi connectivity index (χ0) is 9.90. The molecular formula is C14H20. The maximum Gasteiger partial charge on any atom is -0.0166 e. The molecule has 0 aromatic rings. The highest BCUT2D eigenvalue weighted by molar-refractivity contribution is 5.11. The third-order valence-electron chi connectivity index (χ3n) is 2.29. The van der Waals surface area contributed by atoms with Gasteiger partial charge in [-0.15, -0.1) is 0 Å². The van der Waals surface area contributed by atoms with E-state index in [1.807, 2.05) is 0 Å². The third-order valence-corrected chi connectivity index (χ3v) is 2.29. The predicted molar refractivity (Wildman–Crippen MR) is 64.3 cm³/mol. The normalized spacial score (nSPS) is 28.6. The number of hydrogen-bond acceptors (Lipinski definition) is 0. The molecule has 0 unspecified atom stereocenters. The molecule has 0 saturated heterocycles. The Bertz CT molecular complexity index is 228. The lowest BCUT2D eigenvalue weighted by Gasteiger charge is -1.95. The number of hydrogen-bond donors (Lipinski definition) is 0. The van der Waals surface area contributed by atoms with Crippen LogP contribution in [-0.4, -0.2) is 0 Å². The van der Waals surface area contributed by atoms with Crippen molar-refractivity contribution in [3.05, 3.63) is 48.6 Å². The van der Waals surface area contributed by atoms with Crippen molar-refractivity contribution in [2.75, 3.05) is 0 Å². The minimum Gasteiger partial charge on any atom is -0.0882 e. The van der Waals surface area contributed by atoms with E-state index < -0.39 is 0 Å². The molecule has 1 aliphatic carbocycles. The Balaban J connectivity index is 2.36. The topological polar surface area (TPSA) is 0 Å². The van der Waals surface area contributed by atoms with Crippen LogP contribution in [0.1, 0.15) is 38.5 Å². The van der Waals surface area contributed by atoms with E-state index in [1.165, 1.54) is 32.1 Å². The van der Waals surface area contributed by atoms with Crippen LogP contribution in [0.15, 0.2) is 48.6 Å². The third kappa shape index (κ3) is 6.47. The van der Waals surface area contributed by atoms with Crippen molar-refractivity contribution in [1.29, 1.82) is 0 Å². The van der Waals surface area contributed by atoms with Gasteiger partial charge in [-0.3, -0.25) is 0 Å². The van der Waals surface area contributed by atoms with Gasteiger partial charge in [0.05, 0.1) is 0 Å². The fraction of sp³-hybridized carbons (Fsp3) is 0.429. The van der Waals surface area contributed by atoms with Crippen LogP contribution in [0.5, 0.6) is 0 Å². The lowest BCUT2D eigenvalue weighted by molar-refractivity contribution is 0.695. The molecular weight excluding hydrogens is 168 g/mol. The molecule has 0 aromatic heterocycles. The van der Waals surface area contributed by atoms with E-state index in [2.05, 4.69) is 48.6 Å². The van der Waals surface area contributed by atoms with E-state index in [9.17, 15) is 0 Å². The molecule has 0 fully saturated rings. The molecule has 1 aliphatic rings. The van der Waals surface area contributed by atoms with Gasteiger partial charge in [-0.2, -0.15) is 0 Å². The van der Waals surface area contributed by atoms with Crippen molar-refractivity contribution in [2.24, 2.45) is 0 Å². The van der Waals surface area contributed by atoms with Gasteiger partial charge in [0.1, 0.15) is 0 Å². The molecule has 0 N–H and O–H groups in total. The van der Waals surface area contributed by atoms with Crippen LogP contribution in [0, 0.1) is 0 Å². The summed E-state index contributed by atoms with van der Waals surface area (Å²) in [5.74, 6) is 0. The quantitative estimate of drug-likeness (QED) is 0.489. The summed E-state index contributed by atoms with van der Waals surface area (Å²) in [6.45, 7) is 0. The van der Waals surface area contributed by atoms with Gasteiger partial charge in [0, 0.05) is 0 Å². The lowest BCUT2D eigenvalue weighted by atomic mass is 10.1. The van der Waals surface area contributed by atoms with Crippen LogP contribution in [-0.2, 0) is 0 Å². The SMILES string of the molecule is C1=C\CCCCC/C=C/C/C=C/C=C/1.